The van der Waals surface area contributed by atoms with E-state index >= 15 is 0 Å². The third-order valence-electron chi connectivity index (χ3n) is 5.44. The SMILES string of the molecule is CC(=O)c1nn(-c2ccc([N+](=O)[O-])cc2)c2nc3sc4c(c3c(=O)n12)CCCCC4. The topological polar surface area (TPSA) is 112 Å². The van der Waals surface area contributed by atoms with Crippen LogP contribution >= 0.6 is 11.3 Å². The smallest absolute Gasteiger partial charge is 0.269 e. The number of nitro benzene ring substituents is 1. The van der Waals surface area contributed by atoms with E-state index in [0.717, 1.165) is 37.7 Å². The van der Waals surface area contributed by atoms with Crippen LogP contribution in [0, 0.1) is 10.1 Å². The molecule has 1 aliphatic rings. The standard InChI is InChI=1S/C20H17N5O4S/c1-11(26)17-22-24(12-7-9-13(10-8-12)25(28)29)20-21-18-16(19(27)23(17)20)14-5-3-2-4-6-15(14)30-18/h7-10H,2-6H2,1H3. The minimum absolute atomic E-state index is 0.00340. The van der Waals surface area contributed by atoms with Crippen LogP contribution in [0.15, 0.2) is 29.1 Å². The Bertz CT molecular complexity index is 1400. The van der Waals surface area contributed by atoms with Gasteiger partial charge >= 0.3 is 0 Å². The number of carbonyl (C=O) groups excluding carboxylic acids is 1. The molecule has 0 radical (unpaired) electrons. The van der Waals surface area contributed by atoms with E-state index in [9.17, 15) is 19.7 Å². The molecular weight excluding hydrogens is 406 g/mol. The molecule has 10 heteroatoms. The van der Waals surface area contributed by atoms with Crippen LogP contribution < -0.4 is 5.56 Å². The van der Waals surface area contributed by atoms with Crippen LogP contribution in [0.5, 0.6) is 0 Å². The molecule has 30 heavy (non-hydrogen) atoms. The maximum absolute atomic E-state index is 13.5. The van der Waals surface area contributed by atoms with Gasteiger partial charge in [0, 0.05) is 23.9 Å². The summed E-state index contributed by atoms with van der Waals surface area (Å²) >= 11 is 1.53. The van der Waals surface area contributed by atoms with Crippen LogP contribution in [0.1, 0.15) is 47.2 Å². The number of nitrogens with zero attached hydrogens (tertiary/aromatic N) is 5. The molecule has 0 amide bonds. The van der Waals surface area contributed by atoms with Crippen molar-refractivity contribution in [2.45, 2.75) is 39.0 Å². The van der Waals surface area contributed by atoms with E-state index in [1.807, 2.05) is 0 Å². The molecule has 1 aromatic carbocycles. The van der Waals surface area contributed by atoms with Gasteiger partial charge in [-0.2, -0.15) is 4.68 Å². The molecular formula is C20H17N5O4S. The van der Waals surface area contributed by atoms with Gasteiger partial charge in [0.05, 0.1) is 16.0 Å². The number of benzene rings is 1. The molecule has 4 aromatic rings. The Hall–Kier alpha value is -3.40. The molecule has 0 spiro atoms. The zero-order chi connectivity index (χ0) is 21.0. The highest BCUT2D eigenvalue weighted by atomic mass is 32.1. The molecule has 0 saturated carbocycles. The normalized spacial score (nSPS) is 14.0. The first kappa shape index (κ1) is 18.6. The van der Waals surface area contributed by atoms with Crippen LogP contribution in [0.2, 0.25) is 0 Å². The van der Waals surface area contributed by atoms with E-state index < -0.39 is 4.92 Å². The Morgan fingerprint density at radius 2 is 1.90 bits per heavy atom. The number of aryl methyl sites for hydroxylation is 2. The molecule has 152 valence electrons. The highest BCUT2D eigenvalue weighted by Crippen LogP contribution is 2.33. The molecule has 3 heterocycles. The largest absolute Gasteiger partial charge is 0.291 e. The van der Waals surface area contributed by atoms with Crippen LogP contribution in [0.3, 0.4) is 0 Å². The lowest BCUT2D eigenvalue weighted by molar-refractivity contribution is -0.384. The summed E-state index contributed by atoms with van der Waals surface area (Å²) in [5.74, 6) is -0.135. The van der Waals surface area contributed by atoms with Crippen LogP contribution in [-0.4, -0.2) is 29.9 Å². The highest BCUT2D eigenvalue weighted by molar-refractivity contribution is 7.18. The van der Waals surface area contributed by atoms with Gasteiger partial charge in [0.25, 0.3) is 11.2 Å². The summed E-state index contributed by atoms with van der Waals surface area (Å²) in [4.78, 5) is 42.8. The number of fused-ring (bicyclic) bond motifs is 4. The second-order valence-electron chi connectivity index (χ2n) is 7.36. The van der Waals surface area contributed by atoms with Crippen molar-refractivity contribution in [3.63, 3.8) is 0 Å². The number of aromatic nitrogens is 4. The zero-order valence-electron chi connectivity index (χ0n) is 16.1. The number of thiophene rings is 1. The summed E-state index contributed by atoms with van der Waals surface area (Å²) in [5, 5.41) is 15.9. The predicted octanol–water partition coefficient (Wildman–Crippen LogP) is 3.47. The predicted molar refractivity (Wildman–Crippen MR) is 112 cm³/mol. The van der Waals surface area contributed by atoms with Gasteiger partial charge in [0.2, 0.25) is 11.6 Å². The average molecular weight is 423 g/mol. The lowest BCUT2D eigenvalue weighted by Crippen LogP contribution is -2.19. The lowest BCUT2D eigenvalue weighted by atomic mass is 10.1. The van der Waals surface area contributed by atoms with Crippen molar-refractivity contribution >= 4 is 38.8 Å². The second-order valence-corrected chi connectivity index (χ2v) is 8.45. The second kappa shape index (κ2) is 6.84. The molecule has 1 aliphatic carbocycles. The van der Waals surface area contributed by atoms with E-state index in [1.165, 1.54) is 56.5 Å². The van der Waals surface area contributed by atoms with E-state index in [4.69, 9.17) is 4.98 Å². The van der Waals surface area contributed by atoms with Crippen LogP contribution in [0.25, 0.3) is 21.7 Å². The molecule has 5 rings (SSSR count). The van der Waals surface area contributed by atoms with Crippen molar-refractivity contribution in [2.75, 3.05) is 0 Å². The van der Waals surface area contributed by atoms with Crippen molar-refractivity contribution in [1.29, 1.82) is 0 Å². The maximum Gasteiger partial charge on any atom is 0.269 e. The van der Waals surface area contributed by atoms with Gasteiger partial charge in [-0.25, -0.2) is 9.38 Å². The van der Waals surface area contributed by atoms with E-state index in [0.29, 0.717) is 15.9 Å². The number of Topliss-reactive ketones (excluding diaryl/α,β-unsaturated/α-hetero) is 1. The fourth-order valence-electron chi connectivity index (χ4n) is 4.00. The number of hydrogen-bond acceptors (Lipinski definition) is 7. The third-order valence-corrected chi connectivity index (χ3v) is 6.62. The number of ketones is 1. The Morgan fingerprint density at radius 3 is 2.60 bits per heavy atom. The summed E-state index contributed by atoms with van der Waals surface area (Å²) < 4.78 is 2.66. The quantitative estimate of drug-likeness (QED) is 0.216. The minimum atomic E-state index is -0.489. The monoisotopic (exact) mass is 423 g/mol. The van der Waals surface area contributed by atoms with Crippen molar-refractivity contribution in [2.24, 2.45) is 0 Å². The molecule has 0 bridgehead atoms. The average Bonchev–Trinajstić information content (AvgIpc) is 3.19. The summed E-state index contributed by atoms with van der Waals surface area (Å²) in [7, 11) is 0. The van der Waals surface area contributed by atoms with E-state index in [1.54, 1.807) is 0 Å². The fraction of sp³-hybridized carbons (Fsp3) is 0.300. The van der Waals surface area contributed by atoms with E-state index in [-0.39, 0.29) is 28.6 Å². The number of rotatable bonds is 3. The van der Waals surface area contributed by atoms with Gasteiger partial charge in [-0.05, 0) is 43.4 Å². The van der Waals surface area contributed by atoms with Crippen molar-refractivity contribution in [3.8, 4) is 5.69 Å². The minimum Gasteiger partial charge on any atom is -0.291 e. The fourth-order valence-corrected chi connectivity index (χ4v) is 5.25. The van der Waals surface area contributed by atoms with Gasteiger partial charge in [0.1, 0.15) is 4.83 Å². The van der Waals surface area contributed by atoms with Gasteiger partial charge in [0.15, 0.2) is 5.78 Å². The summed E-state index contributed by atoms with van der Waals surface area (Å²) in [6, 6.07) is 5.75. The van der Waals surface area contributed by atoms with Crippen molar-refractivity contribution < 1.29 is 9.72 Å². The number of non-ortho nitro benzene ring substituents is 1. The van der Waals surface area contributed by atoms with Gasteiger partial charge in [-0.3, -0.25) is 19.7 Å². The number of hydrogen-bond donors (Lipinski definition) is 0. The van der Waals surface area contributed by atoms with Crippen LogP contribution in [0.4, 0.5) is 5.69 Å². The molecule has 0 N–H and O–H groups in total. The van der Waals surface area contributed by atoms with Crippen LogP contribution in [-0.2, 0) is 12.8 Å². The Balaban J connectivity index is 1.82. The first-order valence-corrected chi connectivity index (χ1v) is 10.5. The van der Waals surface area contributed by atoms with Gasteiger partial charge in [-0.15, -0.1) is 16.4 Å². The number of nitro groups is 1. The lowest BCUT2D eigenvalue weighted by Gasteiger charge is -2.03. The molecule has 0 saturated heterocycles. The van der Waals surface area contributed by atoms with Gasteiger partial charge in [-0.1, -0.05) is 6.42 Å². The maximum atomic E-state index is 13.5. The molecule has 3 aromatic heterocycles. The van der Waals surface area contributed by atoms with Gasteiger partial charge < -0.3 is 0 Å². The van der Waals surface area contributed by atoms with Crippen molar-refractivity contribution in [1.82, 2.24) is 19.2 Å². The molecule has 0 atom stereocenters. The summed E-state index contributed by atoms with van der Waals surface area (Å²) in [6.07, 6.45) is 5.03. The Labute approximate surface area is 173 Å². The number of carbonyl (C=O) groups is 1. The molecule has 0 fully saturated rings. The summed E-state index contributed by atoms with van der Waals surface area (Å²) in [6.45, 7) is 1.35. The molecule has 0 unspecified atom stereocenters. The zero-order valence-corrected chi connectivity index (χ0v) is 16.9. The Kier molecular flexibility index (Phi) is 4.24. The first-order chi connectivity index (χ1) is 14.5. The Morgan fingerprint density at radius 1 is 1.17 bits per heavy atom. The van der Waals surface area contributed by atoms with Crippen molar-refractivity contribution in [3.05, 3.63) is 61.0 Å². The van der Waals surface area contributed by atoms with E-state index in [2.05, 4.69) is 5.10 Å². The molecule has 0 aliphatic heterocycles. The highest BCUT2D eigenvalue weighted by Gasteiger charge is 2.24. The molecule has 9 nitrogen and oxygen atoms in total. The summed E-state index contributed by atoms with van der Waals surface area (Å²) in [5.41, 5.74) is 1.19. The first-order valence-electron chi connectivity index (χ1n) is 9.67. The third kappa shape index (κ3) is 2.75.